The molecule has 12 aromatic rings. The maximum atomic E-state index is 2.54. The standard InChI is InChI=1S/C78H78N2/c1-74(2,3)57-29-19-49(20-30-57)54-17-16-18-62(44-54)79(63-45-55(50-21-31-58(32-22-50)75(4,5)6)43-56(46-63)51-23-33-59(34-24-51)76(7,8)9)68-39-27-52-26-38-65-69(40-28-53-25-37-64(68)72(52)73(53)65)80-70-41-35-60(77(10,11)12)47-66(70)67-48-61(78(13,14)15)36-42-71(67)80/h16-48H,1-15H3. The number of hydrogen-bond acceptors (Lipinski definition) is 1. The molecule has 1 aromatic heterocycles. The number of fused-ring (bicyclic) bond motifs is 3. The topological polar surface area (TPSA) is 8.17 Å². The summed E-state index contributed by atoms with van der Waals surface area (Å²) in [6.07, 6.45) is 0. The minimum absolute atomic E-state index is 0.0140. The molecule has 1 heterocycles. The van der Waals surface area contributed by atoms with Crippen molar-refractivity contribution in [2.24, 2.45) is 0 Å². The van der Waals surface area contributed by atoms with Crippen molar-refractivity contribution < 1.29 is 0 Å². The fourth-order valence-electron chi connectivity index (χ4n) is 12.2. The second-order valence-corrected chi connectivity index (χ2v) is 28.0. The van der Waals surface area contributed by atoms with Crippen molar-refractivity contribution in [1.82, 2.24) is 4.57 Å². The van der Waals surface area contributed by atoms with E-state index in [-0.39, 0.29) is 27.1 Å². The summed E-state index contributed by atoms with van der Waals surface area (Å²) < 4.78 is 2.54. The third kappa shape index (κ3) is 9.45. The molecule has 0 fully saturated rings. The van der Waals surface area contributed by atoms with Crippen LogP contribution in [0.3, 0.4) is 0 Å². The minimum Gasteiger partial charge on any atom is -0.310 e. The maximum Gasteiger partial charge on any atom is 0.0541 e. The van der Waals surface area contributed by atoms with E-state index >= 15 is 0 Å². The summed E-state index contributed by atoms with van der Waals surface area (Å²) in [6.45, 7) is 34.5. The van der Waals surface area contributed by atoms with Gasteiger partial charge in [0.2, 0.25) is 0 Å². The van der Waals surface area contributed by atoms with E-state index in [4.69, 9.17) is 0 Å². The van der Waals surface area contributed by atoms with Gasteiger partial charge in [0.1, 0.15) is 0 Å². The lowest BCUT2D eigenvalue weighted by Crippen LogP contribution is -2.12. The summed E-state index contributed by atoms with van der Waals surface area (Å²) in [5.41, 5.74) is 20.9. The first-order valence-electron chi connectivity index (χ1n) is 29.0. The van der Waals surface area contributed by atoms with Crippen LogP contribution in [0, 0.1) is 0 Å². The molecule has 2 heteroatoms. The average molecular weight is 1040 g/mol. The van der Waals surface area contributed by atoms with Gasteiger partial charge in [0, 0.05) is 32.9 Å². The number of nitrogens with zero attached hydrogens (tertiary/aromatic N) is 2. The molecule has 0 saturated heterocycles. The van der Waals surface area contributed by atoms with E-state index < -0.39 is 0 Å². The van der Waals surface area contributed by atoms with Crippen LogP contribution in [-0.4, -0.2) is 4.57 Å². The number of anilines is 3. The molecule has 0 aliphatic heterocycles. The molecule has 0 bridgehead atoms. The number of aromatic nitrogens is 1. The smallest absolute Gasteiger partial charge is 0.0541 e. The molecule has 400 valence electrons. The van der Waals surface area contributed by atoms with Gasteiger partial charge in [-0.15, -0.1) is 0 Å². The maximum absolute atomic E-state index is 2.54. The summed E-state index contributed by atoms with van der Waals surface area (Å²) in [4.78, 5) is 2.53. The van der Waals surface area contributed by atoms with Crippen molar-refractivity contribution in [2.45, 2.75) is 131 Å². The van der Waals surface area contributed by atoms with Crippen molar-refractivity contribution >= 4 is 71.2 Å². The van der Waals surface area contributed by atoms with Crippen molar-refractivity contribution in [3.63, 3.8) is 0 Å². The van der Waals surface area contributed by atoms with Gasteiger partial charge in [-0.3, -0.25) is 0 Å². The number of benzene rings is 11. The Bertz CT molecular complexity index is 4170. The van der Waals surface area contributed by atoms with Gasteiger partial charge in [-0.25, -0.2) is 0 Å². The summed E-state index contributed by atoms with van der Waals surface area (Å²) in [7, 11) is 0. The SMILES string of the molecule is CC(C)(C)c1ccc(-c2cccc(N(c3cc(-c4ccc(C(C)(C)C)cc4)cc(-c4ccc(C(C)(C)C)cc4)c3)c3ccc4ccc5c(-n6c7ccc(C(C)(C)C)cc7c7cc(C(C)(C)C)ccc76)ccc6ccc3c4c65)c2)cc1. The van der Waals surface area contributed by atoms with E-state index in [2.05, 4.69) is 314 Å². The Morgan fingerprint density at radius 3 is 1.12 bits per heavy atom. The summed E-state index contributed by atoms with van der Waals surface area (Å²) in [6, 6.07) is 77.3. The van der Waals surface area contributed by atoms with Gasteiger partial charge >= 0.3 is 0 Å². The van der Waals surface area contributed by atoms with Crippen LogP contribution in [0.25, 0.3) is 93.2 Å². The molecule has 0 aliphatic rings. The van der Waals surface area contributed by atoms with E-state index in [9.17, 15) is 0 Å². The fraction of sp³-hybridized carbons (Fsp3) is 0.256. The Morgan fingerprint density at radius 2 is 0.662 bits per heavy atom. The van der Waals surface area contributed by atoms with Crippen LogP contribution in [0.4, 0.5) is 17.1 Å². The van der Waals surface area contributed by atoms with Gasteiger partial charge in [0.25, 0.3) is 0 Å². The molecule has 80 heavy (non-hydrogen) atoms. The number of hydrogen-bond donors (Lipinski definition) is 0. The highest BCUT2D eigenvalue weighted by Crippen LogP contribution is 2.48. The fourth-order valence-corrected chi connectivity index (χ4v) is 12.2. The molecule has 11 aromatic carbocycles. The van der Waals surface area contributed by atoms with E-state index in [1.165, 1.54) is 121 Å². The first kappa shape index (κ1) is 52.7. The van der Waals surface area contributed by atoms with Gasteiger partial charge in [-0.1, -0.05) is 237 Å². The largest absolute Gasteiger partial charge is 0.310 e. The van der Waals surface area contributed by atoms with Crippen LogP contribution < -0.4 is 4.90 Å². The molecule has 0 radical (unpaired) electrons. The Labute approximate surface area is 476 Å². The second-order valence-electron chi connectivity index (χ2n) is 28.0. The Kier molecular flexibility index (Phi) is 12.4. The molecule has 2 nitrogen and oxygen atoms in total. The molecule has 0 aliphatic carbocycles. The predicted molar refractivity (Wildman–Crippen MR) is 349 cm³/mol. The van der Waals surface area contributed by atoms with Crippen molar-refractivity contribution in [1.29, 1.82) is 0 Å². The molecule has 0 N–H and O–H groups in total. The Morgan fingerprint density at radius 1 is 0.275 bits per heavy atom. The molecule has 12 rings (SSSR count). The Balaban J connectivity index is 1.12. The summed E-state index contributed by atoms with van der Waals surface area (Å²) >= 11 is 0. The molecular formula is C78H78N2. The first-order chi connectivity index (χ1) is 37.8. The van der Waals surface area contributed by atoms with Crippen LogP contribution in [0.5, 0.6) is 0 Å². The highest BCUT2D eigenvalue weighted by molar-refractivity contribution is 6.27. The predicted octanol–water partition coefficient (Wildman–Crippen LogP) is 22.6. The highest BCUT2D eigenvalue weighted by Gasteiger charge is 2.26. The first-order valence-corrected chi connectivity index (χ1v) is 29.0. The zero-order valence-corrected chi connectivity index (χ0v) is 49.9. The Hall–Kier alpha value is -7.94. The quantitative estimate of drug-likeness (QED) is 0.144. The number of rotatable bonds is 7. The van der Waals surface area contributed by atoms with E-state index in [1.807, 2.05) is 0 Å². The molecular weight excluding hydrogens is 965 g/mol. The molecule has 0 atom stereocenters. The third-order valence-corrected chi connectivity index (χ3v) is 17.1. The van der Waals surface area contributed by atoms with Gasteiger partial charge in [-0.05, 0) is 177 Å². The van der Waals surface area contributed by atoms with Crippen LogP contribution in [0.1, 0.15) is 132 Å². The second kappa shape index (κ2) is 18.8. The highest BCUT2D eigenvalue weighted by atomic mass is 15.1. The van der Waals surface area contributed by atoms with Crippen LogP contribution >= 0.6 is 0 Å². The lowest BCUT2D eigenvalue weighted by atomic mass is 9.85. The molecule has 0 spiro atoms. The van der Waals surface area contributed by atoms with E-state index in [0.717, 1.165) is 17.1 Å². The molecule has 0 saturated carbocycles. The average Bonchev–Trinajstić information content (AvgIpc) is 3.81. The van der Waals surface area contributed by atoms with Gasteiger partial charge in [0.05, 0.1) is 22.4 Å². The van der Waals surface area contributed by atoms with Crippen LogP contribution in [-0.2, 0) is 27.1 Å². The zero-order valence-electron chi connectivity index (χ0n) is 49.9. The van der Waals surface area contributed by atoms with Crippen molar-refractivity contribution in [3.05, 3.63) is 228 Å². The van der Waals surface area contributed by atoms with E-state index in [0.29, 0.717) is 0 Å². The third-order valence-electron chi connectivity index (χ3n) is 17.1. The summed E-state index contributed by atoms with van der Waals surface area (Å²) in [5.74, 6) is 0. The summed E-state index contributed by atoms with van der Waals surface area (Å²) in [5, 5.41) is 10.1. The van der Waals surface area contributed by atoms with Crippen LogP contribution in [0.15, 0.2) is 200 Å². The normalized spacial score (nSPS) is 12.9. The monoisotopic (exact) mass is 1040 g/mol. The van der Waals surface area contributed by atoms with Crippen molar-refractivity contribution in [2.75, 3.05) is 4.90 Å². The van der Waals surface area contributed by atoms with E-state index in [1.54, 1.807) is 0 Å². The van der Waals surface area contributed by atoms with Crippen molar-refractivity contribution in [3.8, 4) is 39.1 Å². The van der Waals surface area contributed by atoms with Gasteiger partial charge in [0.15, 0.2) is 0 Å². The van der Waals surface area contributed by atoms with Gasteiger partial charge in [-0.2, -0.15) is 0 Å². The molecule has 0 unspecified atom stereocenters. The minimum atomic E-state index is 0.0140. The lowest BCUT2D eigenvalue weighted by Gasteiger charge is -2.29. The van der Waals surface area contributed by atoms with Crippen LogP contribution in [0.2, 0.25) is 0 Å². The zero-order chi connectivity index (χ0) is 56.4. The molecule has 0 amide bonds. The lowest BCUT2D eigenvalue weighted by molar-refractivity contribution is 0.590. The van der Waals surface area contributed by atoms with Gasteiger partial charge < -0.3 is 9.47 Å².